The molecule has 1 aliphatic rings. The first-order chi connectivity index (χ1) is 11.7. The van der Waals surface area contributed by atoms with E-state index < -0.39 is 0 Å². The van der Waals surface area contributed by atoms with Gasteiger partial charge in [-0.2, -0.15) is 0 Å². The second kappa shape index (κ2) is 7.97. The van der Waals surface area contributed by atoms with Gasteiger partial charge in [-0.05, 0) is 17.0 Å². The maximum atomic E-state index is 12.1. The lowest BCUT2D eigenvalue weighted by Crippen LogP contribution is -2.38. The lowest BCUT2D eigenvalue weighted by Gasteiger charge is -2.17. The van der Waals surface area contributed by atoms with Gasteiger partial charge < -0.3 is 15.5 Å². The van der Waals surface area contributed by atoms with Crippen LogP contribution in [0.25, 0.3) is 0 Å². The molecule has 1 atom stereocenters. The summed E-state index contributed by atoms with van der Waals surface area (Å²) in [5.74, 6) is 0.332. The van der Waals surface area contributed by atoms with Crippen molar-refractivity contribution in [1.82, 2.24) is 15.5 Å². The van der Waals surface area contributed by atoms with Crippen LogP contribution in [-0.4, -0.2) is 29.9 Å². The monoisotopic (exact) mass is 343 g/mol. The van der Waals surface area contributed by atoms with Crippen molar-refractivity contribution < 1.29 is 9.59 Å². The second-order valence-electron chi connectivity index (χ2n) is 5.97. The zero-order valence-corrected chi connectivity index (χ0v) is 14.2. The van der Waals surface area contributed by atoms with Gasteiger partial charge >= 0.3 is 6.03 Å². The highest BCUT2D eigenvalue weighted by molar-refractivity contribution is 7.09. The van der Waals surface area contributed by atoms with Crippen LogP contribution in [-0.2, 0) is 17.9 Å². The Morgan fingerprint density at radius 1 is 1.17 bits per heavy atom. The van der Waals surface area contributed by atoms with Crippen LogP contribution >= 0.6 is 11.3 Å². The number of likely N-dealkylation sites (tertiary alicyclic amines) is 1. The van der Waals surface area contributed by atoms with E-state index in [1.54, 1.807) is 11.3 Å². The Labute approximate surface area is 145 Å². The summed E-state index contributed by atoms with van der Waals surface area (Å²) < 4.78 is 0. The molecule has 1 saturated heterocycles. The van der Waals surface area contributed by atoms with Crippen molar-refractivity contribution in [3.63, 3.8) is 0 Å². The van der Waals surface area contributed by atoms with Crippen molar-refractivity contribution in [2.75, 3.05) is 13.1 Å². The van der Waals surface area contributed by atoms with Gasteiger partial charge in [0.15, 0.2) is 0 Å². The van der Waals surface area contributed by atoms with Crippen LogP contribution in [0.4, 0.5) is 4.79 Å². The molecule has 126 valence electrons. The van der Waals surface area contributed by atoms with Crippen molar-refractivity contribution in [2.24, 2.45) is 5.92 Å². The van der Waals surface area contributed by atoms with E-state index in [2.05, 4.69) is 10.6 Å². The molecule has 0 spiro atoms. The number of hydrogen-bond donors (Lipinski definition) is 2. The van der Waals surface area contributed by atoms with E-state index in [1.165, 1.54) is 0 Å². The van der Waals surface area contributed by atoms with E-state index in [0.29, 0.717) is 32.6 Å². The number of rotatable bonds is 6. The molecule has 0 aliphatic carbocycles. The molecule has 6 heteroatoms. The molecule has 0 radical (unpaired) electrons. The number of carbonyl (C=O) groups is 2. The van der Waals surface area contributed by atoms with Crippen molar-refractivity contribution in [1.29, 1.82) is 0 Å². The Bertz CT molecular complexity index is 673. The lowest BCUT2D eigenvalue weighted by molar-refractivity contribution is -0.128. The fraction of sp³-hybridized carbons (Fsp3) is 0.333. The molecule has 1 fully saturated rings. The average molecular weight is 343 g/mol. The molecule has 1 aliphatic heterocycles. The Morgan fingerprint density at radius 3 is 2.75 bits per heavy atom. The molecule has 0 bridgehead atoms. The molecule has 3 amide bonds. The quantitative estimate of drug-likeness (QED) is 0.847. The number of amides is 3. The van der Waals surface area contributed by atoms with Gasteiger partial charge in [0.25, 0.3) is 0 Å². The predicted molar refractivity (Wildman–Crippen MR) is 94.5 cm³/mol. The molecular formula is C18H21N3O2S. The zero-order valence-electron chi connectivity index (χ0n) is 13.4. The summed E-state index contributed by atoms with van der Waals surface area (Å²) in [5, 5.41) is 7.69. The average Bonchev–Trinajstić information content (AvgIpc) is 3.22. The summed E-state index contributed by atoms with van der Waals surface area (Å²) in [6.07, 6.45) is 0.498. The topological polar surface area (TPSA) is 61.4 Å². The van der Waals surface area contributed by atoms with Crippen molar-refractivity contribution >= 4 is 23.3 Å². The van der Waals surface area contributed by atoms with E-state index in [4.69, 9.17) is 0 Å². The van der Waals surface area contributed by atoms with Crippen LogP contribution < -0.4 is 10.6 Å². The highest BCUT2D eigenvalue weighted by Crippen LogP contribution is 2.19. The Hall–Kier alpha value is -2.34. The van der Waals surface area contributed by atoms with Gasteiger partial charge in [0, 0.05) is 36.9 Å². The van der Waals surface area contributed by atoms with Crippen LogP contribution in [0.3, 0.4) is 0 Å². The summed E-state index contributed by atoms with van der Waals surface area (Å²) >= 11 is 1.62. The van der Waals surface area contributed by atoms with Gasteiger partial charge in [-0.3, -0.25) is 4.79 Å². The third kappa shape index (κ3) is 4.58. The highest BCUT2D eigenvalue weighted by atomic mass is 32.1. The van der Waals surface area contributed by atoms with Gasteiger partial charge in [0.05, 0.1) is 6.54 Å². The third-order valence-corrected chi connectivity index (χ3v) is 4.94. The minimum Gasteiger partial charge on any atom is -0.338 e. The minimum absolute atomic E-state index is 0.157. The van der Waals surface area contributed by atoms with Crippen LogP contribution in [0, 0.1) is 5.92 Å². The Kier molecular flexibility index (Phi) is 5.48. The van der Waals surface area contributed by atoms with Gasteiger partial charge in [0.1, 0.15) is 0 Å². The van der Waals surface area contributed by atoms with Crippen LogP contribution in [0.5, 0.6) is 0 Å². The summed E-state index contributed by atoms with van der Waals surface area (Å²) in [4.78, 5) is 26.9. The molecule has 1 unspecified atom stereocenters. The predicted octanol–water partition coefficient (Wildman–Crippen LogP) is 2.60. The maximum absolute atomic E-state index is 12.1. The largest absolute Gasteiger partial charge is 0.338 e. The highest BCUT2D eigenvalue weighted by Gasteiger charge is 2.29. The van der Waals surface area contributed by atoms with E-state index >= 15 is 0 Å². The number of nitrogens with one attached hydrogen (secondary N) is 2. The fourth-order valence-electron chi connectivity index (χ4n) is 2.83. The molecule has 3 rings (SSSR count). The maximum Gasteiger partial charge on any atom is 0.315 e. The van der Waals surface area contributed by atoms with Gasteiger partial charge in [-0.15, -0.1) is 11.3 Å². The SMILES string of the molecule is O=C(NCc1cccs1)NCC1CC(=O)N(Cc2ccccc2)C1. The van der Waals surface area contributed by atoms with Gasteiger partial charge in [-0.1, -0.05) is 36.4 Å². The summed E-state index contributed by atoms with van der Waals surface area (Å²) in [7, 11) is 0. The molecule has 24 heavy (non-hydrogen) atoms. The van der Waals surface area contributed by atoms with Gasteiger partial charge in [0.2, 0.25) is 5.91 Å². The van der Waals surface area contributed by atoms with E-state index in [1.807, 2.05) is 52.7 Å². The first kappa shape index (κ1) is 16.5. The third-order valence-electron chi connectivity index (χ3n) is 4.07. The van der Waals surface area contributed by atoms with Crippen LogP contribution in [0.2, 0.25) is 0 Å². The second-order valence-corrected chi connectivity index (χ2v) is 7.01. The van der Waals surface area contributed by atoms with Crippen molar-refractivity contribution in [3.8, 4) is 0 Å². The lowest BCUT2D eigenvalue weighted by atomic mass is 10.1. The Morgan fingerprint density at radius 2 is 2.00 bits per heavy atom. The normalized spacial score (nSPS) is 17.1. The number of nitrogens with zero attached hydrogens (tertiary/aromatic N) is 1. The van der Waals surface area contributed by atoms with Crippen molar-refractivity contribution in [2.45, 2.75) is 19.5 Å². The number of thiophene rings is 1. The molecule has 2 N–H and O–H groups in total. The van der Waals surface area contributed by atoms with Crippen LogP contribution in [0.1, 0.15) is 16.9 Å². The number of carbonyl (C=O) groups excluding carboxylic acids is 2. The first-order valence-corrected chi connectivity index (χ1v) is 8.94. The van der Waals surface area contributed by atoms with E-state index in [9.17, 15) is 9.59 Å². The summed E-state index contributed by atoms with van der Waals surface area (Å²) in [6.45, 7) is 2.39. The number of hydrogen-bond acceptors (Lipinski definition) is 3. The summed E-state index contributed by atoms with van der Waals surface area (Å²) in [6, 6.07) is 13.7. The summed E-state index contributed by atoms with van der Waals surface area (Å²) in [5.41, 5.74) is 1.13. The Balaban J connectivity index is 1.40. The molecule has 0 saturated carbocycles. The van der Waals surface area contributed by atoms with Crippen molar-refractivity contribution in [3.05, 3.63) is 58.3 Å². The fourth-order valence-corrected chi connectivity index (χ4v) is 3.47. The molecular weight excluding hydrogens is 322 g/mol. The van der Waals surface area contributed by atoms with E-state index in [-0.39, 0.29) is 17.9 Å². The molecule has 5 nitrogen and oxygen atoms in total. The molecule has 1 aromatic carbocycles. The molecule has 1 aromatic heterocycles. The number of benzene rings is 1. The molecule has 2 heterocycles. The smallest absolute Gasteiger partial charge is 0.315 e. The molecule has 2 aromatic rings. The first-order valence-electron chi connectivity index (χ1n) is 8.06. The standard InChI is InChI=1S/C18H21N3O2S/c22-17-9-15(13-21(17)12-14-5-2-1-3-6-14)10-19-18(23)20-11-16-7-4-8-24-16/h1-8,15H,9-13H2,(H2,19,20,23). The van der Waals surface area contributed by atoms with E-state index in [0.717, 1.165) is 10.4 Å². The zero-order chi connectivity index (χ0) is 16.8. The minimum atomic E-state index is -0.183. The van der Waals surface area contributed by atoms with Gasteiger partial charge in [-0.25, -0.2) is 4.79 Å². The number of urea groups is 1. The van der Waals surface area contributed by atoms with Crippen LogP contribution in [0.15, 0.2) is 47.8 Å².